The van der Waals surface area contributed by atoms with Crippen molar-refractivity contribution >= 4 is 11.8 Å². The van der Waals surface area contributed by atoms with Gasteiger partial charge in [-0.05, 0) is 31.0 Å². The van der Waals surface area contributed by atoms with Gasteiger partial charge in [-0.3, -0.25) is 9.59 Å². The minimum Gasteiger partial charge on any atom is -0.366 e. The molecule has 2 amide bonds. The molecule has 0 aliphatic rings. The van der Waals surface area contributed by atoms with Crippen LogP contribution >= 0.6 is 0 Å². The Hall–Kier alpha value is -1.88. The highest BCUT2D eigenvalue weighted by molar-refractivity contribution is 5.99. The summed E-state index contributed by atoms with van der Waals surface area (Å²) >= 11 is 0. The fourth-order valence-corrected chi connectivity index (χ4v) is 1.58. The first-order valence-corrected chi connectivity index (χ1v) is 6.22. The van der Waals surface area contributed by atoms with E-state index in [0.717, 1.165) is 0 Å². The minimum atomic E-state index is -0.555. The summed E-state index contributed by atoms with van der Waals surface area (Å²) in [5.41, 5.74) is 11.1. The predicted octanol–water partition coefficient (Wildman–Crippen LogP) is 0.889. The quantitative estimate of drug-likeness (QED) is 0.735. The molecule has 5 nitrogen and oxygen atoms in total. The van der Waals surface area contributed by atoms with Gasteiger partial charge in [0.1, 0.15) is 0 Å². The summed E-state index contributed by atoms with van der Waals surface area (Å²) < 4.78 is 0. The summed E-state index contributed by atoms with van der Waals surface area (Å²) in [7, 11) is 0. The smallest absolute Gasteiger partial charge is 0.251 e. The molecule has 0 radical (unpaired) electrons. The molecule has 0 saturated carbocycles. The zero-order chi connectivity index (χ0) is 14.6. The maximum absolute atomic E-state index is 12.2. The molecule has 1 aromatic carbocycles. The van der Waals surface area contributed by atoms with Crippen LogP contribution in [-0.2, 0) is 0 Å². The molecule has 19 heavy (non-hydrogen) atoms. The van der Waals surface area contributed by atoms with Gasteiger partial charge in [-0.25, -0.2) is 0 Å². The number of amides is 2. The van der Waals surface area contributed by atoms with E-state index in [1.807, 2.05) is 20.8 Å². The number of carbonyl (C=O) groups excluding carboxylic acids is 2. The molecule has 5 N–H and O–H groups in total. The fourth-order valence-electron chi connectivity index (χ4n) is 1.58. The standard InChI is InChI=1S/C14H21N3O2/c1-9(2)14(3,8-15)17-13(19)11-6-4-5-10(7-11)12(16)18/h4-7,9H,8,15H2,1-3H3,(H2,16,18)(H,17,19). The second-order valence-corrected chi connectivity index (χ2v) is 5.18. The van der Waals surface area contributed by atoms with Gasteiger partial charge in [-0.2, -0.15) is 0 Å². The van der Waals surface area contributed by atoms with E-state index in [0.29, 0.717) is 17.7 Å². The summed E-state index contributed by atoms with van der Waals surface area (Å²) in [5, 5.41) is 2.91. The van der Waals surface area contributed by atoms with E-state index in [1.54, 1.807) is 18.2 Å². The zero-order valence-corrected chi connectivity index (χ0v) is 11.6. The van der Waals surface area contributed by atoms with Gasteiger partial charge in [0, 0.05) is 17.7 Å². The molecule has 0 aliphatic carbocycles. The highest BCUT2D eigenvalue weighted by atomic mass is 16.2. The second-order valence-electron chi connectivity index (χ2n) is 5.18. The Bertz CT molecular complexity index is 485. The van der Waals surface area contributed by atoms with E-state index in [4.69, 9.17) is 11.5 Å². The van der Waals surface area contributed by atoms with Gasteiger partial charge >= 0.3 is 0 Å². The third kappa shape index (κ3) is 3.54. The lowest BCUT2D eigenvalue weighted by atomic mass is 9.88. The first kappa shape index (κ1) is 15.2. The SMILES string of the molecule is CC(C)C(C)(CN)NC(=O)c1cccc(C(N)=O)c1. The predicted molar refractivity (Wildman–Crippen MR) is 74.7 cm³/mol. The van der Waals surface area contributed by atoms with Crippen molar-refractivity contribution in [3.63, 3.8) is 0 Å². The molecule has 104 valence electrons. The van der Waals surface area contributed by atoms with Crippen molar-refractivity contribution in [2.45, 2.75) is 26.3 Å². The van der Waals surface area contributed by atoms with E-state index in [2.05, 4.69) is 5.32 Å². The molecule has 1 unspecified atom stereocenters. The third-order valence-electron chi connectivity index (χ3n) is 3.51. The van der Waals surface area contributed by atoms with Crippen molar-refractivity contribution in [2.75, 3.05) is 6.54 Å². The van der Waals surface area contributed by atoms with Crippen LogP contribution in [0.15, 0.2) is 24.3 Å². The van der Waals surface area contributed by atoms with Crippen LogP contribution in [-0.4, -0.2) is 23.9 Å². The summed E-state index contributed by atoms with van der Waals surface area (Å²) in [5.74, 6) is -0.620. The van der Waals surface area contributed by atoms with Crippen LogP contribution in [0.2, 0.25) is 0 Å². The average Bonchev–Trinajstić information content (AvgIpc) is 2.38. The van der Waals surface area contributed by atoms with Crippen molar-refractivity contribution in [1.82, 2.24) is 5.32 Å². The maximum atomic E-state index is 12.2. The first-order chi connectivity index (χ1) is 8.80. The lowest BCUT2D eigenvalue weighted by molar-refractivity contribution is 0.0883. The molecular weight excluding hydrogens is 242 g/mol. The summed E-state index contributed by atoms with van der Waals surface area (Å²) in [6, 6.07) is 6.32. The van der Waals surface area contributed by atoms with E-state index in [-0.39, 0.29) is 11.8 Å². The summed E-state index contributed by atoms with van der Waals surface area (Å²) in [6.45, 7) is 6.22. The molecule has 0 aromatic heterocycles. The summed E-state index contributed by atoms with van der Waals surface area (Å²) in [4.78, 5) is 23.3. The van der Waals surface area contributed by atoms with Crippen LogP contribution in [0.3, 0.4) is 0 Å². The molecule has 0 spiro atoms. The minimum absolute atomic E-state index is 0.195. The van der Waals surface area contributed by atoms with Gasteiger partial charge in [0.05, 0.1) is 5.54 Å². The van der Waals surface area contributed by atoms with Gasteiger partial charge in [0.25, 0.3) is 5.91 Å². The third-order valence-corrected chi connectivity index (χ3v) is 3.51. The molecule has 0 saturated heterocycles. The number of rotatable bonds is 5. The molecule has 0 heterocycles. The lowest BCUT2D eigenvalue weighted by Crippen LogP contribution is -2.55. The van der Waals surface area contributed by atoms with Crippen LogP contribution in [0.1, 0.15) is 41.5 Å². The Morgan fingerprint density at radius 3 is 2.37 bits per heavy atom. The Balaban J connectivity index is 2.95. The Kier molecular flexibility index (Phi) is 4.67. The number of primary amides is 1. The Labute approximate surface area is 113 Å². The largest absolute Gasteiger partial charge is 0.366 e. The lowest BCUT2D eigenvalue weighted by Gasteiger charge is -2.33. The first-order valence-electron chi connectivity index (χ1n) is 6.22. The van der Waals surface area contributed by atoms with Gasteiger partial charge in [-0.1, -0.05) is 19.9 Å². The van der Waals surface area contributed by atoms with E-state index < -0.39 is 11.4 Å². The molecule has 1 aromatic rings. The van der Waals surface area contributed by atoms with E-state index in [1.165, 1.54) is 6.07 Å². The highest BCUT2D eigenvalue weighted by Crippen LogP contribution is 2.16. The van der Waals surface area contributed by atoms with E-state index >= 15 is 0 Å². The van der Waals surface area contributed by atoms with Crippen LogP contribution in [0.25, 0.3) is 0 Å². The van der Waals surface area contributed by atoms with Crippen LogP contribution in [0.4, 0.5) is 0 Å². The fraction of sp³-hybridized carbons (Fsp3) is 0.429. The second kappa shape index (κ2) is 5.84. The molecule has 5 heteroatoms. The van der Waals surface area contributed by atoms with Crippen molar-refractivity contribution in [1.29, 1.82) is 0 Å². The number of hydrogen-bond donors (Lipinski definition) is 3. The number of benzene rings is 1. The number of hydrogen-bond acceptors (Lipinski definition) is 3. The zero-order valence-electron chi connectivity index (χ0n) is 11.6. The van der Waals surface area contributed by atoms with Gasteiger partial charge in [-0.15, -0.1) is 0 Å². The molecule has 0 aliphatic heterocycles. The van der Waals surface area contributed by atoms with Crippen molar-refractivity contribution in [3.8, 4) is 0 Å². The molecule has 0 bridgehead atoms. The van der Waals surface area contributed by atoms with Crippen molar-refractivity contribution in [2.24, 2.45) is 17.4 Å². The summed E-state index contributed by atoms with van der Waals surface area (Å²) in [6.07, 6.45) is 0. The number of carbonyl (C=O) groups is 2. The monoisotopic (exact) mass is 263 g/mol. The van der Waals surface area contributed by atoms with Crippen LogP contribution < -0.4 is 16.8 Å². The van der Waals surface area contributed by atoms with Crippen molar-refractivity contribution < 1.29 is 9.59 Å². The van der Waals surface area contributed by atoms with Gasteiger partial charge < -0.3 is 16.8 Å². The highest BCUT2D eigenvalue weighted by Gasteiger charge is 2.28. The Morgan fingerprint density at radius 2 is 1.89 bits per heavy atom. The molecule has 1 atom stereocenters. The van der Waals surface area contributed by atoms with Crippen molar-refractivity contribution in [3.05, 3.63) is 35.4 Å². The number of nitrogens with one attached hydrogen (secondary N) is 1. The van der Waals surface area contributed by atoms with Gasteiger partial charge in [0.15, 0.2) is 0 Å². The van der Waals surface area contributed by atoms with Crippen LogP contribution in [0, 0.1) is 5.92 Å². The Morgan fingerprint density at radius 1 is 1.32 bits per heavy atom. The molecule has 1 rings (SSSR count). The molecule has 0 fully saturated rings. The average molecular weight is 263 g/mol. The van der Waals surface area contributed by atoms with E-state index in [9.17, 15) is 9.59 Å². The topological polar surface area (TPSA) is 98.2 Å². The molecular formula is C14H21N3O2. The maximum Gasteiger partial charge on any atom is 0.251 e. The normalized spacial score (nSPS) is 13.9. The van der Waals surface area contributed by atoms with Crippen LogP contribution in [0.5, 0.6) is 0 Å². The number of nitrogens with two attached hydrogens (primary N) is 2. The van der Waals surface area contributed by atoms with Gasteiger partial charge in [0.2, 0.25) is 5.91 Å².